The number of amides is 1. The number of carbonyl (C=O) groups is 1. The molecule has 0 fully saturated rings. The summed E-state index contributed by atoms with van der Waals surface area (Å²) in [7, 11) is 0. The molecule has 116 valence electrons. The van der Waals surface area contributed by atoms with Crippen molar-refractivity contribution in [3.8, 4) is 0 Å². The lowest BCUT2D eigenvalue weighted by atomic mass is 9.94. The van der Waals surface area contributed by atoms with Gasteiger partial charge in [-0.05, 0) is 49.4 Å². The monoisotopic (exact) mass is 310 g/mol. The Labute approximate surface area is 130 Å². The molecule has 2 rings (SSSR count). The third-order valence-electron chi connectivity index (χ3n) is 3.94. The van der Waals surface area contributed by atoms with E-state index in [0.717, 1.165) is 37.1 Å². The Bertz CT molecular complexity index is 479. The first-order valence-electron chi connectivity index (χ1n) is 7.67. The summed E-state index contributed by atoms with van der Waals surface area (Å²) < 4.78 is 0. The molecule has 3 N–H and O–H groups in total. The molecular formula is C16H23ClN2O2. The van der Waals surface area contributed by atoms with Crippen molar-refractivity contribution >= 4 is 23.4 Å². The van der Waals surface area contributed by atoms with Crippen LogP contribution in [0.3, 0.4) is 0 Å². The number of halogens is 1. The van der Waals surface area contributed by atoms with Gasteiger partial charge in [0.25, 0.3) is 0 Å². The molecule has 1 amide bonds. The van der Waals surface area contributed by atoms with E-state index in [1.807, 2.05) is 6.07 Å². The van der Waals surface area contributed by atoms with Crippen LogP contribution in [-0.2, 0) is 6.42 Å². The standard InChI is InChI=1S/C16H23ClN2O2/c17-13-7-9-15-12(11-13)6-8-14(19-15)5-3-1-2-4-10-18-16(20)21/h7,9,11,14,18-19H,1-6,8,10H2,(H,20,21). The normalized spacial score (nSPS) is 16.9. The van der Waals surface area contributed by atoms with E-state index in [1.165, 1.54) is 24.1 Å². The summed E-state index contributed by atoms with van der Waals surface area (Å²) >= 11 is 6.01. The summed E-state index contributed by atoms with van der Waals surface area (Å²) in [6.07, 6.45) is 6.85. The highest BCUT2D eigenvalue weighted by molar-refractivity contribution is 6.30. The number of unbranched alkanes of at least 4 members (excludes halogenated alkanes) is 3. The average Bonchev–Trinajstić information content (AvgIpc) is 2.46. The zero-order valence-electron chi connectivity index (χ0n) is 12.2. The van der Waals surface area contributed by atoms with Gasteiger partial charge in [0.2, 0.25) is 0 Å². The summed E-state index contributed by atoms with van der Waals surface area (Å²) in [5.41, 5.74) is 2.54. The molecule has 1 aromatic carbocycles. The fourth-order valence-electron chi connectivity index (χ4n) is 2.81. The van der Waals surface area contributed by atoms with E-state index in [4.69, 9.17) is 16.7 Å². The lowest BCUT2D eigenvalue weighted by Gasteiger charge is -2.27. The highest BCUT2D eigenvalue weighted by atomic mass is 35.5. The lowest BCUT2D eigenvalue weighted by Crippen LogP contribution is -2.25. The number of aryl methyl sites for hydroxylation is 1. The van der Waals surface area contributed by atoms with Crippen molar-refractivity contribution in [2.24, 2.45) is 0 Å². The number of anilines is 1. The Hall–Kier alpha value is -1.42. The number of benzene rings is 1. The lowest BCUT2D eigenvalue weighted by molar-refractivity contribution is 0.194. The van der Waals surface area contributed by atoms with Crippen molar-refractivity contribution in [3.63, 3.8) is 0 Å². The van der Waals surface area contributed by atoms with Gasteiger partial charge in [-0.1, -0.05) is 30.9 Å². The Kier molecular flexibility index (Phi) is 6.18. The van der Waals surface area contributed by atoms with E-state index < -0.39 is 6.09 Å². The van der Waals surface area contributed by atoms with Gasteiger partial charge in [-0.25, -0.2) is 4.79 Å². The van der Waals surface area contributed by atoms with E-state index >= 15 is 0 Å². The van der Waals surface area contributed by atoms with Crippen LogP contribution >= 0.6 is 11.6 Å². The van der Waals surface area contributed by atoms with Crippen LogP contribution < -0.4 is 10.6 Å². The van der Waals surface area contributed by atoms with Crippen molar-refractivity contribution in [2.75, 3.05) is 11.9 Å². The molecule has 1 unspecified atom stereocenters. The highest BCUT2D eigenvalue weighted by Crippen LogP contribution is 2.29. The van der Waals surface area contributed by atoms with E-state index in [1.54, 1.807) is 0 Å². The number of nitrogens with one attached hydrogen (secondary N) is 2. The third-order valence-corrected chi connectivity index (χ3v) is 4.18. The van der Waals surface area contributed by atoms with E-state index in [2.05, 4.69) is 22.8 Å². The Morgan fingerprint density at radius 3 is 2.95 bits per heavy atom. The molecule has 0 saturated heterocycles. The predicted octanol–water partition coefficient (Wildman–Crippen LogP) is 4.28. The Morgan fingerprint density at radius 2 is 2.14 bits per heavy atom. The largest absolute Gasteiger partial charge is 0.465 e. The van der Waals surface area contributed by atoms with Gasteiger partial charge >= 0.3 is 6.09 Å². The van der Waals surface area contributed by atoms with Crippen molar-refractivity contribution < 1.29 is 9.90 Å². The van der Waals surface area contributed by atoms with Crippen molar-refractivity contribution in [3.05, 3.63) is 28.8 Å². The van der Waals surface area contributed by atoms with Gasteiger partial charge in [0, 0.05) is 23.3 Å². The highest BCUT2D eigenvalue weighted by Gasteiger charge is 2.17. The smallest absolute Gasteiger partial charge is 0.404 e. The molecule has 0 aromatic heterocycles. The van der Waals surface area contributed by atoms with Gasteiger partial charge in [0.05, 0.1) is 0 Å². The summed E-state index contributed by atoms with van der Waals surface area (Å²) in [4.78, 5) is 10.3. The SMILES string of the molecule is O=C(O)NCCCCCCC1CCc2cc(Cl)ccc2N1. The molecule has 0 spiro atoms. The molecule has 1 atom stereocenters. The van der Waals surface area contributed by atoms with Crippen LogP contribution in [0, 0.1) is 0 Å². The van der Waals surface area contributed by atoms with Crippen LogP contribution in [0.5, 0.6) is 0 Å². The summed E-state index contributed by atoms with van der Waals surface area (Å²) in [5, 5.41) is 15.3. The summed E-state index contributed by atoms with van der Waals surface area (Å²) in [6, 6.07) is 6.61. The molecule has 21 heavy (non-hydrogen) atoms. The van der Waals surface area contributed by atoms with Crippen LogP contribution in [0.15, 0.2) is 18.2 Å². The number of fused-ring (bicyclic) bond motifs is 1. The molecule has 1 heterocycles. The molecule has 0 bridgehead atoms. The molecule has 1 aliphatic rings. The number of rotatable bonds is 7. The van der Waals surface area contributed by atoms with Crippen molar-refractivity contribution in [2.45, 2.75) is 51.0 Å². The maximum Gasteiger partial charge on any atom is 0.404 e. The second kappa shape index (κ2) is 8.13. The molecule has 0 aliphatic carbocycles. The Balaban J connectivity index is 1.60. The van der Waals surface area contributed by atoms with E-state index in [0.29, 0.717) is 12.6 Å². The van der Waals surface area contributed by atoms with Gasteiger partial charge in [-0.3, -0.25) is 0 Å². The van der Waals surface area contributed by atoms with Crippen molar-refractivity contribution in [1.29, 1.82) is 0 Å². The van der Waals surface area contributed by atoms with Crippen LogP contribution in [0.2, 0.25) is 5.02 Å². The molecule has 0 radical (unpaired) electrons. The van der Waals surface area contributed by atoms with Crippen LogP contribution in [0.1, 0.15) is 44.1 Å². The number of hydrogen-bond acceptors (Lipinski definition) is 2. The minimum Gasteiger partial charge on any atom is -0.465 e. The predicted molar refractivity (Wildman–Crippen MR) is 86.3 cm³/mol. The molecule has 0 saturated carbocycles. The first kappa shape index (κ1) is 16.0. The quantitative estimate of drug-likeness (QED) is 0.659. The third kappa shape index (κ3) is 5.46. The maximum atomic E-state index is 10.3. The summed E-state index contributed by atoms with van der Waals surface area (Å²) in [5.74, 6) is 0. The second-order valence-electron chi connectivity index (χ2n) is 5.62. The fraction of sp³-hybridized carbons (Fsp3) is 0.562. The van der Waals surface area contributed by atoms with Gasteiger partial charge in [-0.2, -0.15) is 0 Å². The number of hydrogen-bond donors (Lipinski definition) is 3. The molecule has 1 aromatic rings. The molecular weight excluding hydrogens is 288 g/mol. The molecule has 4 nitrogen and oxygen atoms in total. The Morgan fingerprint density at radius 1 is 1.33 bits per heavy atom. The first-order valence-corrected chi connectivity index (χ1v) is 8.04. The maximum absolute atomic E-state index is 10.3. The van der Waals surface area contributed by atoms with Gasteiger partial charge < -0.3 is 15.7 Å². The second-order valence-corrected chi connectivity index (χ2v) is 6.05. The van der Waals surface area contributed by atoms with Gasteiger partial charge in [0.1, 0.15) is 0 Å². The summed E-state index contributed by atoms with van der Waals surface area (Å²) in [6.45, 7) is 0.561. The fourth-order valence-corrected chi connectivity index (χ4v) is 3.01. The first-order chi connectivity index (χ1) is 10.1. The topological polar surface area (TPSA) is 61.4 Å². The average molecular weight is 311 g/mol. The van der Waals surface area contributed by atoms with Gasteiger partial charge in [0.15, 0.2) is 0 Å². The van der Waals surface area contributed by atoms with Crippen LogP contribution in [0.25, 0.3) is 0 Å². The van der Waals surface area contributed by atoms with Crippen LogP contribution in [-0.4, -0.2) is 23.8 Å². The minimum absolute atomic E-state index is 0.552. The van der Waals surface area contributed by atoms with Gasteiger partial charge in [-0.15, -0.1) is 0 Å². The minimum atomic E-state index is -0.930. The van der Waals surface area contributed by atoms with E-state index in [-0.39, 0.29) is 0 Å². The zero-order chi connectivity index (χ0) is 15.1. The molecule has 5 heteroatoms. The molecule has 1 aliphatic heterocycles. The number of carboxylic acid groups (broad SMARTS) is 1. The van der Waals surface area contributed by atoms with E-state index in [9.17, 15) is 4.79 Å². The van der Waals surface area contributed by atoms with Crippen molar-refractivity contribution in [1.82, 2.24) is 5.32 Å². The van der Waals surface area contributed by atoms with Crippen LogP contribution in [0.4, 0.5) is 10.5 Å². The zero-order valence-corrected chi connectivity index (χ0v) is 13.0.